The molecule has 0 aliphatic heterocycles. The Bertz CT molecular complexity index is 734. The lowest BCUT2D eigenvalue weighted by Crippen LogP contribution is -1.97. The summed E-state index contributed by atoms with van der Waals surface area (Å²) in [6, 6.07) is 10.3. The number of benzene rings is 2. The number of nitrogens with zero attached hydrogens (tertiary/aromatic N) is 1. The van der Waals surface area contributed by atoms with Gasteiger partial charge in [-0.05, 0) is 29.8 Å². The van der Waals surface area contributed by atoms with Gasteiger partial charge in [0.05, 0.1) is 17.6 Å². The number of aromatic nitrogens is 2. The van der Waals surface area contributed by atoms with E-state index in [1.54, 1.807) is 12.1 Å². The van der Waals surface area contributed by atoms with Crippen LogP contribution in [0.4, 0.5) is 4.39 Å². The zero-order valence-electron chi connectivity index (χ0n) is 9.95. The van der Waals surface area contributed by atoms with Gasteiger partial charge in [-0.3, -0.25) is 0 Å². The minimum absolute atomic E-state index is 0.250. The maximum Gasteiger partial charge on any atom is 0.123 e. The lowest BCUT2D eigenvalue weighted by atomic mass is 10.0. The van der Waals surface area contributed by atoms with E-state index in [0.717, 1.165) is 32.5 Å². The molecule has 2 aromatic carbocycles. The van der Waals surface area contributed by atoms with E-state index in [4.69, 9.17) is 5.73 Å². The molecule has 0 fully saturated rings. The maximum atomic E-state index is 13.0. The second kappa shape index (κ2) is 4.75. The van der Waals surface area contributed by atoms with Gasteiger partial charge in [-0.1, -0.05) is 28.1 Å². The van der Waals surface area contributed by atoms with E-state index in [2.05, 4.69) is 25.9 Å². The number of imidazole rings is 1. The Morgan fingerprint density at radius 1 is 1.21 bits per heavy atom. The molecule has 3 nitrogen and oxygen atoms in total. The summed E-state index contributed by atoms with van der Waals surface area (Å²) in [5.41, 5.74) is 9.22. The van der Waals surface area contributed by atoms with E-state index in [9.17, 15) is 4.39 Å². The van der Waals surface area contributed by atoms with Crippen LogP contribution in [0.2, 0.25) is 0 Å². The average molecular weight is 320 g/mol. The molecule has 0 unspecified atom stereocenters. The zero-order chi connectivity index (χ0) is 13.4. The minimum Gasteiger partial charge on any atom is -0.341 e. The van der Waals surface area contributed by atoms with Crippen LogP contribution < -0.4 is 5.73 Å². The summed E-state index contributed by atoms with van der Waals surface area (Å²) < 4.78 is 13.9. The van der Waals surface area contributed by atoms with Crippen molar-refractivity contribution in [3.05, 3.63) is 52.5 Å². The highest BCUT2D eigenvalue weighted by atomic mass is 79.9. The molecular formula is C14H11BrFN3. The first-order chi connectivity index (χ1) is 9.17. The summed E-state index contributed by atoms with van der Waals surface area (Å²) in [6.45, 7) is 0.356. The van der Waals surface area contributed by atoms with Gasteiger partial charge >= 0.3 is 0 Å². The number of halogens is 2. The van der Waals surface area contributed by atoms with Crippen molar-refractivity contribution in [1.29, 1.82) is 0 Å². The molecule has 1 aromatic heterocycles. The van der Waals surface area contributed by atoms with Crippen LogP contribution in [0.3, 0.4) is 0 Å². The van der Waals surface area contributed by atoms with Crippen LogP contribution in [0.1, 0.15) is 5.82 Å². The van der Waals surface area contributed by atoms with Crippen molar-refractivity contribution >= 4 is 27.0 Å². The predicted octanol–water partition coefficient (Wildman–Crippen LogP) is 3.59. The molecule has 0 spiro atoms. The number of aromatic amines is 1. The van der Waals surface area contributed by atoms with E-state index >= 15 is 0 Å². The molecule has 96 valence electrons. The van der Waals surface area contributed by atoms with Gasteiger partial charge in [-0.25, -0.2) is 9.37 Å². The van der Waals surface area contributed by atoms with E-state index in [-0.39, 0.29) is 5.82 Å². The van der Waals surface area contributed by atoms with Crippen molar-refractivity contribution in [2.24, 2.45) is 5.73 Å². The van der Waals surface area contributed by atoms with Crippen LogP contribution in [0, 0.1) is 5.82 Å². The largest absolute Gasteiger partial charge is 0.341 e. The van der Waals surface area contributed by atoms with Crippen molar-refractivity contribution in [2.75, 3.05) is 0 Å². The zero-order valence-corrected chi connectivity index (χ0v) is 11.5. The van der Waals surface area contributed by atoms with Crippen LogP contribution in [0.15, 0.2) is 40.9 Å². The summed E-state index contributed by atoms with van der Waals surface area (Å²) in [5.74, 6) is 0.483. The van der Waals surface area contributed by atoms with Gasteiger partial charge in [0.25, 0.3) is 0 Å². The third-order valence-electron chi connectivity index (χ3n) is 2.95. The van der Waals surface area contributed by atoms with E-state index < -0.39 is 0 Å². The second-order valence-corrected chi connectivity index (χ2v) is 5.16. The highest BCUT2D eigenvalue weighted by Crippen LogP contribution is 2.31. The number of nitrogens with one attached hydrogen (secondary N) is 1. The third kappa shape index (κ3) is 2.27. The van der Waals surface area contributed by atoms with Crippen molar-refractivity contribution < 1.29 is 4.39 Å². The summed E-state index contributed by atoms with van der Waals surface area (Å²) in [4.78, 5) is 7.64. The molecule has 0 amide bonds. The van der Waals surface area contributed by atoms with Crippen LogP contribution in [-0.2, 0) is 6.54 Å². The van der Waals surface area contributed by atoms with Gasteiger partial charge in [-0.15, -0.1) is 0 Å². The first-order valence-electron chi connectivity index (χ1n) is 5.81. The fourth-order valence-corrected chi connectivity index (χ4v) is 2.54. The fourth-order valence-electron chi connectivity index (χ4n) is 2.08. The number of rotatable bonds is 2. The monoisotopic (exact) mass is 319 g/mol. The third-order valence-corrected chi connectivity index (χ3v) is 3.41. The summed E-state index contributed by atoms with van der Waals surface area (Å²) in [7, 11) is 0. The van der Waals surface area contributed by atoms with Gasteiger partial charge in [0.15, 0.2) is 0 Å². The molecule has 5 heteroatoms. The fraction of sp³-hybridized carbons (Fsp3) is 0.0714. The smallest absolute Gasteiger partial charge is 0.123 e. The van der Waals surface area contributed by atoms with Crippen molar-refractivity contribution in [3.63, 3.8) is 0 Å². The molecule has 0 atom stereocenters. The number of fused-ring (bicyclic) bond motifs is 1. The van der Waals surface area contributed by atoms with Gasteiger partial charge in [0, 0.05) is 10.0 Å². The molecule has 3 aromatic rings. The molecule has 0 aliphatic rings. The lowest BCUT2D eigenvalue weighted by Gasteiger charge is -2.04. The van der Waals surface area contributed by atoms with Gasteiger partial charge in [-0.2, -0.15) is 0 Å². The number of hydrogen-bond acceptors (Lipinski definition) is 2. The molecule has 3 N–H and O–H groups in total. The second-order valence-electron chi connectivity index (χ2n) is 4.24. The molecule has 0 aliphatic carbocycles. The molecule has 0 saturated heterocycles. The van der Waals surface area contributed by atoms with Crippen LogP contribution in [0.5, 0.6) is 0 Å². The van der Waals surface area contributed by atoms with Crippen molar-refractivity contribution in [2.45, 2.75) is 6.54 Å². The summed E-state index contributed by atoms with van der Waals surface area (Å²) >= 11 is 3.47. The van der Waals surface area contributed by atoms with Crippen LogP contribution in [0.25, 0.3) is 22.2 Å². The van der Waals surface area contributed by atoms with Gasteiger partial charge in [0.1, 0.15) is 11.6 Å². The summed E-state index contributed by atoms with van der Waals surface area (Å²) in [5, 5.41) is 0. The normalized spacial score (nSPS) is 11.1. The van der Waals surface area contributed by atoms with E-state index in [1.165, 1.54) is 12.1 Å². The van der Waals surface area contributed by atoms with Gasteiger partial charge < -0.3 is 10.7 Å². The Labute approximate surface area is 117 Å². The molecule has 0 bridgehead atoms. The average Bonchev–Trinajstić information content (AvgIpc) is 2.81. The van der Waals surface area contributed by atoms with E-state index in [0.29, 0.717) is 6.54 Å². The van der Waals surface area contributed by atoms with Crippen molar-refractivity contribution in [3.8, 4) is 11.1 Å². The standard InChI is InChI=1S/C14H11BrFN3/c15-9-5-11(8-1-3-10(16)4-2-8)14-12(6-9)18-13(7-17)19-14/h1-6H,7,17H2,(H,18,19). The SMILES string of the molecule is NCc1nc2c(-c3ccc(F)cc3)cc(Br)cc2[nH]1. The predicted molar refractivity (Wildman–Crippen MR) is 77.1 cm³/mol. The lowest BCUT2D eigenvalue weighted by molar-refractivity contribution is 0.628. The topological polar surface area (TPSA) is 54.7 Å². The van der Waals surface area contributed by atoms with Crippen LogP contribution in [-0.4, -0.2) is 9.97 Å². The Kier molecular flexibility index (Phi) is 3.08. The molecule has 0 saturated carbocycles. The highest BCUT2D eigenvalue weighted by Gasteiger charge is 2.10. The molecule has 19 heavy (non-hydrogen) atoms. The Balaban J connectivity index is 2.26. The molecule has 3 rings (SSSR count). The van der Waals surface area contributed by atoms with Crippen molar-refractivity contribution in [1.82, 2.24) is 9.97 Å². The van der Waals surface area contributed by atoms with Gasteiger partial charge in [0.2, 0.25) is 0 Å². The minimum atomic E-state index is -0.250. The van der Waals surface area contributed by atoms with E-state index in [1.807, 2.05) is 12.1 Å². The number of hydrogen-bond donors (Lipinski definition) is 2. The quantitative estimate of drug-likeness (QED) is 0.758. The molecule has 0 radical (unpaired) electrons. The molecule has 1 heterocycles. The summed E-state index contributed by atoms with van der Waals surface area (Å²) in [6.07, 6.45) is 0. The number of nitrogens with two attached hydrogens (primary N) is 1. The Hall–Kier alpha value is -1.72. The maximum absolute atomic E-state index is 13.0. The molecular weight excluding hydrogens is 309 g/mol. The highest BCUT2D eigenvalue weighted by molar-refractivity contribution is 9.10. The first kappa shape index (κ1) is 12.3. The Morgan fingerprint density at radius 2 is 1.95 bits per heavy atom. The number of H-pyrrole nitrogens is 1. The Morgan fingerprint density at radius 3 is 2.63 bits per heavy atom. The first-order valence-corrected chi connectivity index (χ1v) is 6.61. The van der Waals surface area contributed by atoms with Crippen LogP contribution >= 0.6 is 15.9 Å².